The molecular weight excluding hydrogens is 343 g/mol. The first-order chi connectivity index (χ1) is 8.82. The monoisotopic (exact) mass is 358 g/mol. The lowest BCUT2D eigenvalue weighted by molar-refractivity contribution is 0.250. The summed E-state index contributed by atoms with van der Waals surface area (Å²) in [6.07, 6.45) is 0.651. The van der Waals surface area contributed by atoms with E-state index in [1.165, 1.54) is 16.4 Å². The molecule has 0 saturated carbocycles. The van der Waals surface area contributed by atoms with Gasteiger partial charge in [-0.15, -0.1) is 12.4 Å². The van der Waals surface area contributed by atoms with Crippen molar-refractivity contribution < 1.29 is 8.42 Å². The van der Waals surface area contributed by atoms with E-state index in [0.717, 1.165) is 0 Å². The number of nitrogens with zero attached hydrogens (tertiary/aromatic N) is 1. The summed E-state index contributed by atoms with van der Waals surface area (Å²) in [5, 5.41) is 0.539. The Morgan fingerprint density at radius 1 is 1.35 bits per heavy atom. The molecule has 0 bridgehead atoms. The Kier molecular flexibility index (Phi) is 6.14. The van der Waals surface area contributed by atoms with Gasteiger partial charge in [0.2, 0.25) is 10.0 Å². The van der Waals surface area contributed by atoms with Crippen molar-refractivity contribution in [1.29, 1.82) is 0 Å². The van der Waals surface area contributed by atoms with Gasteiger partial charge in [0.15, 0.2) is 0 Å². The van der Waals surface area contributed by atoms with Crippen LogP contribution >= 0.6 is 35.6 Å². The molecule has 1 fully saturated rings. The molecule has 2 atom stereocenters. The molecule has 2 N–H and O–H groups in total. The van der Waals surface area contributed by atoms with Gasteiger partial charge in [0.1, 0.15) is 4.90 Å². The summed E-state index contributed by atoms with van der Waals surface area (Å²) in [6, 6.07) is 4.49. The van der Waals surface area contributed by atoms with Crippen molar-refractivity contribution in [3.05, 3.63) is 28.2 Å². The summed E-state index contributed by atoms with van der Waals surface area (Å²) < 4.78 is 26.5. The second kappa shape index (κ2) is 6.81. The molecule has 8 heteroatoms. The van der Waals surface area contributed by atoms with E-state index in [-0.39, 0.29) is 34.3 Å². The van der Waals surface area contributed by atoms with Gasteiger partial charge in [-0.25, -0.2) is 8.42 Å². The van der Waals surface area contributed by atoms with Gasteiger partial charge in [0.25, 0.3) is 0 Å². The van der Waals surface area contributed by atoms with Crippen molar-refractivity contribution in [3.8, 4) is 0 Å². The summed E-state index contributed by atoms with van der Waals surface area (Å²) in [5.74, 6) is 0.126. The zero-order valence-electron chi connectivity index (χ0n) is 10.9. The van der Waals surface area contributed by atoms with Crippen LogP contribution in [0.25, 0.3) is 0 Å². The predicted octanol–water partition coefficient (Wildman–Crippen LogP) is 2.77. The van der Waals surface area contributed by atoms with Gasteiger partial charge < -0.3 is 5.73 Å². The number of hydrogen-bond acceptors (Lipinski definition) is 3. The van der Waals surface area contributed by atoms with Gasteiger partial charge in [-0.2, -0.15) is 4.31 Å². The first-order valence-electron chi connectivity index (χ1n) is 6.03. The lowest BCUT2D eigenvalue weighted by atomic mass is 9.96. The number of hydrogen-bond donors (Lipinski definition) is 1. The van der Waals surface area contributed by atoms with Crippen molar-refractivity contribution in [2.75, 3.05) is 13.1 Å². The van der Waals surface area contributed by atoms with Crippen molar-refractivity contribution in [2.24, 2.45) is 11.7 Å². The highest BCUT2D eigenvalue weighted by atomic mass is 35.5. The molecule has 114 valence electrons. The van der Waals surface area contributed by atoms with E-state index < -0.39 is 10.0 Å². The molecule has 0 radical (unpaired) electrons. The SMILES string of the molecule is CC1CN(S(=O)(=O)c2cc(Cl)ccc2Cl)CCC1N.Cl. The van der Waals surface area contributed by atoms with Crippen LogP contribution in [0.2, 0.25) is 10.0 Å². The Balaban J connectivity index is 0.00000200. The van der Waals surface area contributed by atoms with Gasteiger partial charge in [-0.05, 0) is 30.5 Å². The molecule has 0 spiro atoms. The second-order valence-corrected chi connectivity index (χ2v) is 7.62. The van der Waals surface area contributed by atoms with Gasteiger partial charge >= 0.3 is 0 Å². The highest BCUT2D eigenvalue weighted by molar-refractivity contribution is 7.89. The van der Waals surface area contributed by atoms with Crippen LogP contribution in [-0.2, 0) is 10.0 Å². The standard InChI is InChI=1S/C12H16Cl2N2O2S.ClH/c1-8-7-16(5-4-11(8)15)19(17,18)12-6-9(13)2-3-10(12)14;/h2-3,6,8,11H,4-5,7,15H2,1H3;1H. The summed E-state index contributed by atoms with van der Waals surface area (Å²) >= 11 is 11.8. The molecule has 1 aliphatic rings. The maximum atomic E-state index is 12.6. The Bertz CT molecular complexity index is 580. The highest BCUT2D eigenvalue weighted by Gasteiger charge is 2.33. The maximum Gasteiger partial charge on any atom is 0.244 e. The maximum absolute atomic E-state index is 12.6. The zero-order valence-corrected chi connectivity index (χ0v) is 14.1. The summed E-state index contributed by atoms with van der Waals surface area (Å²) in [7, 11) is -3.61. The quantitative estimate of drug-likeness (QED) is 0.883. The molecule has 1 aliphatic heterocycles. The summed E-state index contributed by atoms with van der Waals surface area (Å²) in [6.45, 7) is 2.77. The minimum atomic E-state index is -3.61. The minimum absolute atomic E-state index is 0. The molecule has 2 rings (SSSR count). The number of rotatable bonds is 2. The zero-order chi connectivity index (χ0) is 14.2. The molecule has 0 amide bonds. The largest absolute Gasteiger partial charge is 0.327 e. The fourth-order valence-corrected chi connectivity index (χ4v) is 4.45. The van der Waals surface area contributed by atoms with Crippen molar-refractivity contribution in [1.82, 2.24) is 4.31 Å². The van der Waals surface area contributed by atoms with Crippen LogP contribution in [0.3, 0.4) is 0 Å². The fourth-order valence-electron chi connectivity index (χ4n) is 2.16. The average molecular weight is 360 g/mol. The van der Waals surface area contributed by atoms with Gasteiger partial charge in [0.05, 0.1) is 5.02 Å². The number of halogens is 3. The number of benzene rings is 1. The summed E-state index contributed by atoms with van der Waals surface area (Å²) in [4.78, 5) is 0.0596. The van der Waals surface area contributed by atoms with E-state index in [1.54, 1.807) is 6.07 Å². The van der Waals surface area contributed by atoms with Crippen LogP contribution in [0, 0.1) is 5.92 Å². The van der Waals surface area contributed by atoms with E-state index >= 15 is 0 Å². The van der Waals surface area contributed by atoms with Crippen molar-refractivity contribution >= 4 is 45.6 Å². The topological polar surface area (TPSA) is 63.4 Å². The highest BCUT2D eigenvalue weighted by Crippen LogP contribution is 2.29. The molecule has 0 aliphatic carbocycles. The third-order valence-electron chi connectivity index (χ3n) is 3.45. The van der Waals surface area contributed by atoms with Crippen LogP contribution in [0.5, 0.6) is 0 Å². The normalized spacial score (nSPS) is 24.2. The van der Waals surface area contributed by atoms with E-state index in [4.69, 9.17) is 28.9 Å². The lowest BCUT2D eigenvalue weighted by Crippen LogP contribution is -2.48. The number of piperidine rings is 1. The van der Waals surface area contributed by atoms with Gasteiger partial charge in [0, 0.05) is 24.2 Å². The number of sulfonamides is 1. The lowest BCUT2D eigenvalue weighted by Gasteiger charge is -2.34. The van der Waals surface area contributed by atoms with Gasteiger partial charge in [-0.3, -0.25) is 0 Å². The minimum Gasteiger partial charge on any atom is -0.327 e. The second-order valence-electron chi connectivity index (χ2n) is 4.87. The Labute approximate surface area is 135 Å². The molecule has 20 heavy (non-hydrogen) atoms. The van der Waals surface area contributed by atoms with Crippen LogP contribution in [0.1, 0.15) is 13.3 Å². The molecule has 2 unspecified atom stereocenters. The molecule has 1 aromatic carbocycles. The summed E-state index contributed by atoms with van der Waals surface area (Å²) in [5.41, 5.74) is 5.91. The first kappa shape index (κ1) is 18.0. The van der Waals surface area contributed by atoms with Crippen LogP contribution in [0.4, 0.5) is 0 Å². The predicted molar refractivity (Wildman–Crippen MR) is 84.2 cm³/mol. The van der Waals surface area contributed by atoms with Crippen LogP contribution < -0.4 is 5.73 Å². The van der Waals surface area contributed by atoms with Gasteiger partial charge in [-0.1, -0.05) is 30.1 Å². The third kappa shape index (κ3) is 3.59. The Hall–Kier alpha value is -0.0400. The van der Waals surface area contributed by atoms with Crippen LogP contribution in [0.15, 0.2) is 23.1 Å². The van der Waals surface area contributed by atoms with Crippen molar-refractivity contribution in [2.45, 2.75) is 24.3 Å². The fraction of sp³-hybridized carbons (Fsp3) is 0.500. The first-order valence-corrected chi connectivity index (χ1v) is 8.22. The smallest absolute Gasteiger partial charge is 0.244 e. The molecule has 4 nitrogen and oxygen atoms in total. The number of nitrogens with two attached hydrogens (primary N) is 1. The Morgan fingerprint density at radius 3 is 2.60 bits per heavy atom. The van der Waals surface area contributed by atoms with E-state index in [0.29, 0.717) is 24.5 Å². The molecule has 1 aromatic rings. The van der Waals surface area contributed by atoms with E-state index in [9.17, 15) is 8.42 Å². The van der Waals surface area contributed by atoms with E-state index in [1.807, 2.05) is 6.92 Å². The third-order valence-corrected chi connectivity index (χ3v) is 6.03. The molecular formula is C12H17Cl3N2O2S. The Morgan fingerprint density at radius 2 is 2.00 bits per heavy atom. The average Bonchev–Trinajstić information content (AvgIpc) is 2.35. The van der Waals surface area contributed by atoms with E-state index in [2.05, 4.69) is 0 Å². The van der Waals surface area contributed by atoms with Crippen molar-refractivity contribution in [3.63, 3.8) is 0 Å². The molecule has 1 heterocycles. The van der Waals surface area contributed by atoms with Crippen LogP contribution in [-0.4, -0.2) is 31.9 Å². The molecule has 1 saturated heterocycles. The molecule has 0 aromatic heterocycles.